The van der Waals surface area contributed by atoms with Crippen molar-refractivity contribution in [1.82, 2.24) is 9.97 Å². The maximum Gasteiger partial charge on any atom is 0.0722 e. The zero-order valence-electron chi connectivity index (χ0n) is 11.8. The molecule has 4 rings (SSSR count). The second-order valence-electron chi connectivity index (χ2n) is 4.73. The van der Waals surface area contributed by atoms with Gasteiger partial charge in [0.05, 0.1) is 11.0 Å². The lowest BCUT2D eigenvalue weighted by molar-refractivity contribution is 1.41. The molecule has 0 amide bonds. The Labute approximate surface area is 137 Å². The summed E-state index contributed by atoms with van der Waals surface area (Å²) < 4.78 is 1.10. The summed E-state index contributed by atoms with van der Waals surface area (Å²) in [5.74, 6) is 0. The zero-order valence-corrected chi connectivity index (χ0v) is 13.4. The summed E-state index contributed by atoms with van der Waals surface area (Å²) in [5.41, 5.74) is 8.48. The van der Waals surface area contributed by atoms with Crippen LogP contribution in [-0.2, 0) is 0 Å². The molecule has 0 atom stereocenters. The lowest BCUT2D eigenvalue weighted by atomic mass is 10.2. The Bertz CT molecular complexity index is 834. The molecule has 0 bridgehead atoms. The molecule has 0 aliphatic rings. The van der Waals surface area contributed by atoms with E-state index in [4.69, 9.17) is 5.73 Å². The van der Waals surface area contributed by atoms with Gasteiger partial charge < -0.3 is 5.73 Å². The van der Waals surface area contributed by atoms with Gasteiger partial charge in [-0.05, 0) is 42.5 Å². The number of nitrogen functional groups attached to an aromatic ring is 1. The molecule has 0 fully saturated rings. The Morgan fingerprint density at radius 2 is 1.27 bits per heavy atom. The van der Waals surface area contributed by atoms with Crippen molar-refractivity contribution in [2.45, 2.75) is 0 Å². The number of benzene rings is 2. The molecule has 2 aromatic carbocycles. The number of nitrogens with two attached hydrogens (primary N) is 1. The highest BCUT2D eigenvalue weighted by atomic mass is 79.9. The van der Waals surface area contributed by atoms with E-state index in [-0.39, 0.29) is 0 Å². The second kappa shape index (κ2) is 6.54. The lowest BCUT2D eigenvalue weighted by Gasteiger charge is -1.97. The van der Waals surface area contributed by atoms with E-state index in [0.29, 0.717) is 0 Å². The minimum atomic E-state index is 0.788. The van der Waals surface area contributed by atoms with Crippen molar-refractivity contribution in [3.8, 4) is 0 Å². The van der Waals surface area contributed by atoms with Gasteiger partial charge in [-0.2, -0.15) is 0 Å². The number of aromatic nitrogens is 2. The molecule has 0 saturated heterocycles. The van der Waals surface area contributed by atoms with Crippen LogP contribution in [-0.4, -0.2) is 9.97 Å². The van der Waals surface area contributed by atoms with Gasteiger partial charge in [-0.15, -0.1) is 0 Å². The monoisotopic (exact) mass is 351 g/mol. The molecule has 2 heterocycles. The Morgan fingerprint density at radius 1 is 0.682 bits per heavy atom. The first-order valence-electron chi connectivity index (χ1n) is 6.84. The second-order valence-corrected chi connectivity index (χ2v) is 5.58. The van der Waals surface area contributed by atoms with E-state index < -0.39 is 0 Å². The van der Waals surface area contributed by atoms with E-state index in [1.165, 1.54) is 0 Å². The van der Waals surface area contributed by atoms with Crippen LogP contribution < -0.4 is 5.73 Å². The van der Waals surface area contributed by atoms with Crippen molar-refractivity contribution < 1.29 is 0 Å². The third-order valence-corrected chi connectivity index (χ3v) is 3.96. The summed E-state index contributed by atoms with van der Waals surface area (Å²) in [4.78, 5) is 8.37. The summed E-state index contributed by atoms with van der Waals surface area (Å²) in [5, 5.41) is 2.19. The molecule has 0 spiro atoms. The molecule has 4 aromatic rings. The molecular weight excluding hydrogens is 338 g/mol. The quantitative estimate of drug-likeness (QED) is 0.462. The standard InChI is InChI=1S/C9H6BrN.C9H8N2/c2*10-8-4-1-5-9-7(8)3-2-6-11-9/h1-6H;1-6H,10H2. The van der Waals surface area contributed by atoms with E-state index in [9.17, 15) is 0 Å². The van der Waals surface area contributed by atoms with Gasteiger partial charge in [0.2, 0.25) is 0 Å². The SMILES string of the molecule is Brc1cccc2ncccc12.Nc1cccc2ncccc12. The van der Waals surface area contributed by atoms with Crippen LogP contribution in [0.2, 0.25) is 0 Å². The number of rotatable bonds is 0. The predicted molar refractivity (Wildman–Crippen MR) is 95.6 cm³/mol. The van der Waals surface area contributed by atoms with Gasteiger partial charge in [-0.1, -0.05) is 34.1 Å². The Morgan fingerprint density at radius 3 is 1.91 bits per heavy atom. The fourth-order valence-electron chi connectivity index (χ4n) is 2.19. The number of halogens is 1. The Balaban J connectivity index is 0.000000131. The molecule has 2 aromatic heterocycles. The average Bonchev–Trinajstić information content (AvgIpc) is 2.57. The average molecular weight is 352 g/mol. The fourth-order valence-corrected chi connectivity index (χ4v) is 2.68. The van der Waals surface area contributed by atoms with Crippen LogP contribution in [0.3, 0.4) is 0 Å². The number of pyridine rings is 2. The smallest absolute Gasteiger partial charge is 0.0722 e. The molecule has 0 unspecified atom stereocenters. The van der Waals surface area contributed by atoms with E-state index in [1.807, 2.05) is 60.7 Å². The zero-order chi connectivity index (χ0) is 15.4. The first-order valence-corrected chi connectivity index (χ1v) is 7.63. The van der Waals surface area contributed by atoms with Crippen molar-refractivity contribution in [3.05, 3.63) is 77.5 Å². The van der Waals surface area contributed by atoms with Crippen LogP contribution >= 0.6 is 15.9 Å². The summed E-state index contributed by atoms with van der Waals surface area (Å²) in [6.07, 6.45) is 3.57. The van der Waals surface area contributed by atoms with E-state index in [0.717, 1.165) is 32.0 Å². The van der Waals surface area contributed by atoms with Gasteiger partial charge in [-0.3, -0.25) is 9.97 Å². The van der Waals surface area contributed by atoms with Crippen molar-refractivity contribution in [2.75, 3.05) is 5.73 Å². The largest absolute Gasteiger partial charge is 0.398 e. The maximum atomic E-state index is 5.72. The highest BCUT2D eigenvalue weighted by Crippen LogP contribution is 2.21. The number of fused-ring (bicyclic) bond motifs is 2. The van der Waals surface area contributed by atoms with E-state index >= 15 is 0 Å². The highest BCUT2D eigenvalue weighted by Gasteiger charge is 1.95. The number of hydrogen-bond acceptors (Lipinski definition) is 3. The molecule has 4 heteroatoms. The molecule has 0 radical (unpaired) electrons. The normalized spacial score (nSPS) is 10.2. The Kier molecular flexibility index (Phi) is 4.30. The van der Waals surface area contributed by atoms with Gasteiger partial charge in [0.25, 0.3) is 0 Å². The summed E-state index contributed by atoms with van der Waals surface area (Å²) in [7, 11) is 0. The van der Waals surface area contributed by atoms with Gasteiger partial charge in [-0.25, -0.2) is 0 Å². The van der Waals surface area contributed by atoms with Crippen LogP contribution in [0.25, 0.3) is 21.8 Å². The molecule has 22 heavy (non-hydrogen) atoms. The lowest BCUT2D eigenvalue weighted by Crippen LogP contribution is -1.86. The molecular formula is C18H14BrN3. The topological polar surface area (TPSA) is 51.8 Å². The molecule has 0 saturated carbocycles. The number of hydrogen-bond donors (Lipinski definition) is 1. The molecule has 0 aliphatic heterocycles. The van der Waals surface area contributed by atoms with Gasteiger partial charge in [0.1, 0.15) is 0 Å². The van der Waals surface area contributed by atoms with Crippen LogP contribution in [0.15, 0.2) is 77.5 Å². The van der Waals surface area contributed by atoms with E-state index in [1.54, 1.807) is 12.4 Å². The van der Waals surface area contributed by atoms with Crippen molar-refractivity contribution in [3.63, 3.8) is 0 Å². The van der Waals surface area contributed by atoms with Crippen LogP contribution in [0.5, 0.6) is 0 Å². The van der Waals surface area contributed by atoms with E-state index in [2.05, 4.69) is 25.9 Å². The predicted octanol–water partition coefficient (Wildman–Crippen LogP) is 4.81. The Hall–Kier alpha value is -2.46. The minimum absolute atomic E-state index is 0.788. The maximum absolute atomic E-state index is 5.72. The molecule has 0 aliphatic carbocycles. The van der Waals surface area contributed by atoms with Crippen molar-refractivity contribution in [1.29, 1.82) is 0 Å². The van der Waals surface area contributed by atoms with Gasteiger partial charge in [0, 0.05) is 33.3 Å². The summed E-state index contributed by atoms with van der Waals surface area (Å²) >= 11 is 3.46. The van der Waals surface area contributed by atoms with Gasteiger partial charge >= 0.3 is 0 Å². The van der Waals surface area contributed by atoms with Crippen molar-refractivity contribution in [2.24, 2.45) is 0 Å². The number of nitrogens with zero attached hydrogens (tertiary/aromatic N) is 2. The van der Waals surface area contributed by atoms with Crippen LogP contribution in [0.1, 0.15) is 0 Å². The molecule has 2 N–H and O–H groups in total. The first kappa shape index (κ1) is 14.5. The summed E-state index contributed by atoms with van der Waals surface area (Å²) in [6, 6.07) is 19.6. The fraction of sp³-hybridized carbons (Fsp3) is 0. The third kappa shape index (κ3) is 3.07. The van der Waals surface area contributed by atoms with Crippen molar-refractivity contribution >= 4 is 43.4 Å². The van der Waals surface area contributed by atoms with Crippen LogP contribution in [0.4, 0.5) is 5.69 Å². The third-order valence-electron chi connectivity index (χ3n) is 3.27. The first-order chi connectivity index (χ1) is 10.8. The molecule has 3 nitrogen and oxygen atoms in total. The molecule has 108 valence electrons. The highest BCUT2D eigenvalue weighted by molar-refractivity contribution is 9.10. The summed E-state index contributed by atoms with van der Waals surface area (Å²) in [6.45, 7) is 0. The van der Waals surface area contributed by atoms with Crippen LogP contribution in [0, 0.1) is 0 Å². The van der Waals surface area contributed by atoms with Gasteiger partial charge in [0.15, 0.2) is 0 Å². The number of anilines is 1. The minimum Gasteiger partial charge on any atom is -0.398 e.